The van der Waals surface area contributed by atoms with Gasteiger partial charge in [0.15, 0.2) is 5.58 Å². The fraction of sp³-hybridized carbons (Fsp3) is 0. The summed E-state index contributed by atoms with van der Waals surface area (Å²) in [5.74, 6) is 0. The maximum absolute atomic E-state index is 5.42. The van der Waals surface area contributed by atoms with E-state index in [9.17, 15) is 0 Å². The van der Waals surface area contributed by atoms with Crippen LogP contribution in [0, 0.1) is 0 Å². The van der Waals surface area contributed by atoms with Crippen LogP contribution >= 0.6 is 0 Å². The second kappa shape index (κ2) is 3.83. The first-order valence-electron chi connectivity index (χ1n) is 6.99. The van der Waals surface area contributed by atoms with Crippen molar-refractivity contribution in [2.75, 3.05) is 0 Å². The number of nitrogens with zero attached hydrogens (tertiary/aromatic N) is 1. The van der Waals surface area contributed by atoms with Crippen molar-refractivity contribution < 1.29 is 4.52 Å². The van der Waals surface area contributed by atoms with E-state index in [4.69, 9.17) is 4.52 Å². The Morgan fingerprint density at radius 3 is 2.19 bits per heavy atom. The lowest BCUT2D eigenvalue weighted by Crippen LogP contribution is -1.81. The van der Waals surface area contributed by atoms with Crippen LogP contribution in [0.4, 0.5) is 0 Å². The highest BCUT2D eigenvalue weighted by atomic mass is 16.5. The Labute approximate surface area is 120 Å². The SMILES string of the molecule is c1ccc2c(c1)ccc1c2ccc2c1ccc1cnoc12. The Kier molecular flexibility index (Phi) is 1.98. The van der Waals surface area contributed by atoms with E-state index in [1.165, 1.54) is 26.9 Å². The third-order valence-electron chi connectivity index (χ3n) is 4.24. The summed E-state index contributed by atoms with van der Waals surface area (Å²) in [7, 11) is 0. The highest BCUT2D eigenvalue weighted by Gasteiger charge is 2.09. The van der Waals surface area contributed by atoms with Crippen molar-refractivity contribution in [3.8, 4) is 0 Å². The molecule has 0 spiro atoms. The molecular weight excluding hydrogens is 258 g/mol. The first kappa shape index (κ1) is 10.9. The van der Waals surface area contributed by atoms with Gasteiger partial charge in [-0.2, -0.15) is 0 Å². The molecule has 0 saturated heterocycles. The Morgan fingerprint density at radius 2 is 1.24 bits per heavy atom. The highest BCUT2D eigenvalue weighted by molar-refractivity contribution is 6.20. The molecule has 0 saturated carbocycles. The van der Waals surface area contributed by atoms with Crippen LogP contribution in [0.1, 0.15) is 0 Å². The van der Waals surface area contributed by atoms with Crippen LogP contribution in [0.2, 0.25) is 0 Å². The smallest absolute Gasteiger partial charge is 0.174 e. The number of benzene rings is 4. The van der Waals surface area contributed by atoms with E-state index in [0.29, 0.717) is 0 Å². The van der Waals surface area contributed by atoms with Gasteiger partial charge in [-0.15, -0.1) is 0 Å². The van der Waals surface area contributed by atoms with E-state index in [1.807, 2.05) is 0 Å². The van der Waals surface area contributed by atoms with Gasteiger partial charge in [-0.1, -0.05) is 53.7 Å². The lowest BCUT2D eigenvalue weighted by Gasteiger charge is -2.07. The van der Waals surface area contributed by atoms with E-state index in [2.05, 4.69) is 65.8 Å². The third kappa shape index (κ3) is 1.39. The van der Waals surface area contributed by atoms with Gasteiger partial charge in [-0.3, -0.25) is 0 Å². The Morgan fingerprint density at radius 1 is 0.571 bits per heavy atom. The van der Waals surface area contributed by atoms with E-state index in [-0.39, 0.29) is 0 Å². The van der Waals surface area contributed by atoms with Gasteiger partial charge in [0.1, 0.15) is 0 Å². The minimum absolute atomic E-state index is 0.863. The number of hydrogen-bond donors (Lipinski definition) is 0. The first-order valence-corrected chi connectivity index (χ1v) is 6.99. The van der Waals surface area contributed by atoms with E-state index in [1.54, 1.807) is 6.20 Å². The van der Waals surface area contributed by atoms with Gasteiger partial charge in [0.05, 0.1) is 6.20 Å². The molecule has 0 aliphatic rings. The molecule has 1 heterocycles. The summed E-state index contributed by atoms with van der Waals surface area (Å²) >= 11 is 0. The van der Waals surface area contributed by atoms with Gasteiger partial charge in [0.25, 0.3) is 0 Å². The molecule has 0 amide bonds. The van der Waals surface area contributed by atoms with E-state index >= 15 is 0 Å². The van der Waals surface area contributed by atoms with Gasteiger partial charge in [0, 0.05) is 10.8 Å². The van der Waals surface area contributed by atoms with Crippen LogP contribution in [-0.2, 0) is 0 Å². The molecule has 0 aliphatic heterocycles. The molecule has 0 bridgehead atoms. The molecule has 0 atom stereocenters. The average Bonchev–Trinajstić information content (AvgIpc) is 3.03. The molecule has 4 aromatic carbocycles. The third-order valence-corrected chi connectivity index (χ3v) is 4.24. The predicted molar refractivity (Wildman–Crippen MR) is 86.5 cm³/mol. The van der Waals surface area contributed by atoms with Gasteiger partial charge < -0.3 is 4.52 Å². The monoisotopic (exact) mass is 269 g/mol. The Balaban J connectivity index is 2.07. The summed E-state index contributed by atoms with van der Waals surface area (Å²) < 4.78 is 5.42. The zero-order valence-corrected chi connectivity index (χ0v) is 11.2. The van der Waals surface area contributed by atoms with Crippen LogP contribution in [0.3, 0.4) is 0 Å². The second-order valence-electron chi connectivity index (χ2n) is 5.35. The van der Waals surface area contributed by atoms with Crippen LogP contribution in [0.5, 0.6) is 0 Å². The Hall–Kier alpha value is -2.87. The molecule has 0 fully saturated rings. The van der Waals surface area contributed by atoms with Crippen LogP contribution in [0.15, 0.2) is 71.4 Å². The minimum atomic E-state index is 0.863. The van der Waals surface area contributed by atoms with Crippen LogP contribution < -0.4 is 0 Å². The van der Waals surface area contributed by atoms with Crippen LogP contribution in [-0.4, -0.2) is 5.16 Å². The Bertz CT molecular complexity index is 1140. The zero-order chi connectivity index (χ0) is 13.8. The van der Waals surface area contributed by atoms with Crippen molar-refractivity contribution in [2.24, 2.45) is 0 Å². The van der Waals surface area contributed by atoms with E-state index in [0.717, 1.165) is 16.4 Å². The van der Waals surface area contributed by atoms with Crippen molar-refractivity contribution in [3.05, 3.63) is 66.9 Å². The molecule has 2 nitrogen and oxygen atoms in total. The second-order valence-corrected chi connectivity index (χ2v) is 5.35. The fourth-order valence-corrected chi connectivity index (χ4v) is 3.23. The zero-order valence-electron chi connectivity index (χ0n) is 11.2. The molecule has 0 unspecified atom stereocenters. The maximum atomic E-state index is 5.42. The minimum Gasteiger partial charge on any atom is -0.356 e. The van der Waals surface area contributed by atoms with E-state index < -0.39 is 0 Å². The quantitative estimate of drug-likeness (QED) is 0.357. The molecule has 0 radical (unpaired) electrons. The van der Waals surface area contributed by atoms with Crippen molar-refractivity contribution >= 4 is 43.3 Å². The molecule has 98 valence electrons. The number of aromatic nitrogens is 1. The largest absolute Gasteiger partial charge is 0.356 e. The van der Waals surface area contributed by atoms with Gasteiger partial charge >= 0.3 is 0 Å². The van der Waals surface area contributed by atoms with Crippen LogP contribution in [0.25, 0.3) is 43.3 Å². The molecule has 5 rings (SSSR count). The number of fused-ring (bicyclic) bond motifs is 7. The van der Waals surface area contributed by atoms with Crippen molar-refractivity contribution in [2.45, 2.75) is 0 Å². The molecule has 0 N–H and O–H groups in total. The predicted octanol–water partition coefficient (Wildman–Crippen LogP) is 5.29. The molecule has 5 aromatic rings. The highest BCUT2D eigenvalue weighted by Crippen LogP contribution is 2.34. The molecule has 21 heavy (non-hydrogen) atoms. The summed E-state index contributed by atoms with van der Waals surface area (Å²) in [6.07, 6.45) is 1.76. The summed E-state index contributed by atoms with van der Waals surface area (Å²) in [4.78, 5) is 0. The van der Waals surface area contributed by atoms with Gasteiger partial charge in [-0.25, -0.2) is 0 Å². The lowest BCUT2D eigenvalue weighted by atomic mass is 9.96. The summed E-state index contributed by atoms with van der Waals surface area (Å²) in [5.41, 5.74) is 0.863. The molecule has 0 aliphatic carbocycles. The molecular formula is C19H11NO. The fourth-order valence-electron chi connectivity index (χ4n) is 3.23. The number of hydrogen-bond acceptors (Lipinski definition) is 2. The molecule has 1 aromatic heterocycles. The summed E-state index contributed by atoms with van der Waals surface area (Å²) in [6, 6.07) is 21.4. The normalized spacial score (nSPS) is 11.8. The summed E-state index contributed by atoms with van der Waals surface area (Å²) in [6.45, 7) is 0. The average molecular weight is 269 g/mol. The maximum Gasteiger partial charge on any atom is 0.174 e. The van der Waals surface area contributed by atoms with Gasteiger partial charge in [-0.05, 0) is 39.1 Å². The van der Waals surface area contributed by atoms with Crippen molar-refractivity contribution in [1.82, 2.24) is 5.16 Å². The lowest BCUT2D eigenvalue weighted by molar-refractivity contribution is 0.458. The van der Waals surface area contributed by atoms with Crippen molar-refractivity contribution in [1.29, 1.82) is 0 Å². The summed E-state index contributed by atoms with van der Waals surface area (Å²) in [5, 5.41) is 12.4. The topological polar surface area (TPSA) is 26.0 Å². The number of rotatable bonds is 0. The van der Waals surface area contributed by atoms with Gasteiger partial charge in [0.2, 0.25) is 0 Å². The standard InChI is InChI=1S/C19H11NO/c1-2-4-14-12(3-1)5-7-16-15(14)9-10-18-17(16)8-6-13-11-20-21-19(13)18/h1-11H. The molecule has 2 heteroatoms. The first-order chi connectivity index (χ1) is 10.4. The van der Waals surface area contributed by atoms with Crippen molar-refractivity contribution in [3.63, 3.8) is 0 Å².